The lowest BCUT2D eigenvalue weighted by atomic mass is 10.1. The smallest absolute Gasteiger partial charge is 0.327 e. The molecular formula is C10H17N3O5S. The van der Waals surface area contributed by atoms with E-state index in [1.165, 1.54) is 0 Å². The number of rotatable bonds is 2. The van der Waals surface area contributed by atoms with Crippen molar-refractivity contribution >= 4 is 27.6 Å². The van der Waals surface area contributed by atoms with Crippen LogP contribution in [0, 0.1) is 5.92 Å². The molecule has 0 aliphatic carbocycles. The van der Waals surface area contributed by atoms with E-state index in [0.717, 1.165) is 0 Å². The first-order valence-electron chi connectivity index (χ1n) is 5.82. The molecule has 8 nitrogen and oxygen atoms in total. The average Bonchev–Trinajstić information content (AvgIpc) is 2.65. The highest BCUT2D eigenvalue weighted by Gasteiger charge is 2.33. The summed E-state index contributed by atoms with van der Waals surface area (Å²) in [5.74, 6) is -3.41. The van der Waals surface area contributed by atoms with Gasteiger partial charge in [0.1, 0.15) is 0 Å². The van der Waals surface area contributed by atoms with E-state index in [1.54, 1.807) is 13.8 Å². The van der Waals surface area contributed by atoms with Crippen LogP contribution in [0.4, 0.5) is 0 Å². The fourth-order valence-corrected chi connectivity index (χ4v) is 3.35. The zero-order valence-electron chi connectivity index (χ0n) is 10.7. The number of sulfone groups is 1. The van der Waals surface area contributed by atoms with E-state index in [1.807, 2.05) is 5.43 Å². The number of hydrogen-bond acceptors (Lipinski definition) is 5. The van der Waals surface area contributed by atoms with E-state index in [0.29, 0.717) is 0 Å². The number of carbonyl (C=O) groups excluding carboxylic acids is 3. The number of carbonyl (C=O) groups is 3. The van der Waals surface area contributed by atoms with Crippen LogP contribution >= 0.6 is 0 Å². The third-order valence-corrected chi connectivity index (χ3v) is 4.30. The van der Waals surface area contributed by atoms with Crippen LogP contribution in [0.5, 0.6) is 0 Å². The highest BCUT2D eigenvalue weighted by molar-refractivity contribution is 7.91. The van der Waals surface area contributed by atoms with Gasteiger partial charge in [-0.3, -0.25) is 25.2 Å². The van der Waals surface area contributed by atoms with Crippen molar-refractivity contribution in [3.05, 3.63) is 0 Å². The van der Waals surface area contributed by atoms with E-state index >= 15 is 0 Å². The summed E-state index contributed by atoms with van der Waals surface area (Å²) < 4.78 is 22.4. The molecule has 0 aromatic rings. The summed E-state index contributed by atoms with van der Waals surface area (Å²) in [4.78, 5) is 34.0. The molecule has 1 fully saturated rings. The van der Waals surface area contributed by atoms with Gasteiger partial charge < -0.3 is 5.32 Å². The molecule has 0 radical (unpaired) electrons. The Morgan fingerprint density at radius 2 is 1.74 bits per heavy atom. The van der Waals surface area contributed by atoms with Crippen LogP contribution in [0.25, 0.3) is 0 Å². The molecule has 1 aliphatic rings. The first-order valence-corrected chi connectivity index (χ1v) is 7.64. The summed E-state index contributed by atoms with van der Waals surface area (Å²) in [5.41, 5.74) is 4.00. The highest BCUT2D eigenvalue weighted by Crippen LogP contribution is 2.17. The average molecular weight is 291 g/mol. The lowest BCUT2D eigenvalue weighted by Crippen LogP contribution is -2.51. The molecule has 1 heterocycles. The third-order valence-electron chi connectivity index (χ3n) is 2.53. The van der Waals surface area contributed by atoms with Gasteiger partial charge in [0.25, 0.3) is 0 Å². The molecule has 0 bridgehead atoms. The van der Waals surface area contributed by atoms with Crippen molar-refractivity contribution in [2.24, 2.45) is 5.92 Å². The fourth-order valence-electron chi connectivity index (χ4n) is 1.61. The molecule has 19 heavy (non-hydrogen) atoms. The van der Waals surface area contributed by atoms with Gasteiger partial charge in [-0.25, -0.2) is 8.42 Å². The molecule has 0 aromatic heterocycles. The molecule has 0 spiro atoms. The molecule has 9 heteroatoms. The van der Waals surface area contributed by atoms with Crippen LogP contribution in [0.1, 0.15) is 20.3 Å². The van der Waals surface area contributed by atoms with Gasteiger partial charge in [0.15, 0.2) is 9.84 Å². The van der Waals surface area contributed by atoms with Gasteiger partial charge in [-0.2, -0.15) is 0 Å². The second-order valence-corrected chi connectivity index (χ2v) is 6.90. The second kappa shape index (κ2) is 6.00. The van der Waals surface area contributed by atoms with Gasteiger partial charge >= 0.3 is 11.8 Å². The minimum atomic E-state index is -3.16. The topological polar surface area (TPSA) is 121 Å². The highest BCUT2D eigenvalue weighted by atomic mass is 32.2. The van der Waals surface area contributed by atoms with Gasteiger partial charge in [-0.1, -0.05) is 0 Å². The first-order chi connectivity index (χ1) is 8.71. The maximum atomic E-state index is 11.6. The first kappa shape index (κ1) is 15.4. The molecule has 1 atom stereocenters. The fraction of sp³-hybridized carbons (Fsp3) is 0.700. The van der Waals surface area contributed by atoms with Gasteiger partial charge in [-0.15, -0.1) is 0 Å². The Hall–Kier alpha value is -1.64. The van der Waals surface area contributed by atoms with E-state index in [9.17, 15) is 22.8 Å². The van der Waals surface area contributed by atoms with E-state index < -0.39 is 33.5 Å². The predicted octanol–water partition coefficient (Wildman–Crippen LogP) is -1.91. The lowest BCUT2D eigenvalue weighted by Gasteiger charge is -2.11. The maximum Gasteiger partial charge on any atom is 0.327 e. The summed E-state index contributed by atoms with van der Waals surface area (Å²) >= 11 is 0. The Kier molecular flexibility index (Phi) is 4.87. The molecule has 0 unspecified atom stereocenters. The van der Waals surface area contributed by atoms with Crippen molar-refractivity contribution in [1.29, 1.82) is 0 Å². The zero-order chi connectivity index (χ0) is 14.6. The number of hydrogen-bond donors (Lipinski definition) is 3. The van der Waals surface area contributed by atoms with E-state index in [2.05, 4.69) is 10.7 Å². The standard InChI is InChI=1S/C10H17N3O5S/c1-6(2)11-9(15)10(16)13-12-8(14)7-3-4-19(17,18)5-7/h6-7H,3-5H2,1-2H3,(H,11,15)(H,12,14)(H,13,16)/t7-/m0/s1. The quantitative estimate of drug-likeness (QED) is 0.405. The van der Waals surface area contributed by atoms with Crippen LogP contribution in [0.15, 0.2) is 0 Å². The monoisotopic (exact) mass is 291 g/mol. The lowest BCUT2D eigenvalue weighted by molar-refractivity contribution is -0.141. The molecule has 1 aliphatic heterocycles. The van der Waals surface area contributed by atoms with E-state index in [-0.39, 0.29) is 24.0 Å². The summed E-state index contributed by atoms with van der Waals surface area (Å²) in [6, 6.07) is -0.200. The Labute approximate surface area is 111 Å². The molecule has 3 amide bonds. The SMILES string of the molecule is CC(C)NC(=O)C(=O)NNC(=O)[C@H]1CCS(=O)(=O)C1. The van der Waals surface area contributed by atoms with Crippen molar-refractivity contribution < 1.29 is 22.8 Å². The van der Waals surface area contributed by atoms with Crippen molar-refractivity contribution in [2.45, 2.75) is 26.3 Å². The molecule has 1 rings (SSSR count). The Balaban J connectivity index is 2.39. The van der Waals surface area contributed by atoms with Crippen molar-refractivity contribution in [3.8, 4) is 0 Å². The van der Waals surface area contributed by atoms with Crippen LogP contribution in [-0.2, 0) is 24.2 Å². The normalized spacial score (nSPS) is 20.9. The summed E-state index contributed by atoms with van der Waals surface area (Å²) in [5, 5.41) is 2.35. The van der Waals surface area contributed by atoms with Crippen LogP contribution in [-0.4, -0.2) is 43.7 Å². The molecule has 1 saturated heterocycles. The Morgan fingerprint density at radius 1 is 1.11 bits per heavy atom. The van der Waals surface area contributed by atoms with Gasteiger partial charge in [0.2, 0.25) is 5.91 Å². The molecule has 0 aromatic carbocycles. The van der Waals surface area contributed by atoms with Crippen molar-refractivity contribution in [2.75, 3.05) is 11.5 Å². The molecule has 108 valence electrons. The second-order valence-electron chi connectivity index (χ2n) is 4.67. The minimum absolute atomic E-state index is 0.0349. The zero-order valence-corrected chi connectivity index (χ0v) is 11.5. The largest absolute Gasteiger partial charge is 0.346 e. The van der Waals surface area contributed by atoms with Gasteiger partial charge in [0, 0.05) is 6.04 Å². The summed E-state index contributed by atoms with van der Waals surface area (Å²) in [7, 11) is -3.16. The third kappa shape index (κ3) is 4.86. The number of hydrazine groups is 1. The predicted molar refractivity (Wildman–Crippen MR) is 66.3 cm³/mol. The van der Waals surface area contributed by atoms with Crippen LogP contribution in [0.3, 0.4) is 0 Å². The summed E-state index contributed by atoms with van der Waals surface area (Å²) in [6.07, 6.45) is 0.224. The van der Waals surface area contributed by atoms with Crippen LogP contribution < -0.4 is 16.2 Å². The molecular weight excluding hydrogens is 274 g/mol. The molecule has 3 N–H and O–H groups in total. The Morgan fingerprint density at radius 3 is 2.21 bits per heavy atom. The molecule has 0 saturated carbocycles. The number of amides is 3. The van der Waals surface area contributed by atoms with Gasteiger partial charge in [0.05, 0.1) is 17.4 Å². The number of nitrogens with one attached hydrogen (secondary N) is 3. The van der Waals surface area contributed by atoms with Crippen molar-refractivity contribution in [1.82, 2.24) is 16.2 Å². The summed E-state index contributed by atoms with van der Waals surface area (Å²) in [6.45, 7) is 3.38. The van der Waals surface area contributed by atoms with Crippen LogP contribution in [0.2, 0.25) is 0 Å². The van der Waals surface area contributed by atoms with Crippen molar-refractivity contribution in [3.63, 3.8) is 0 Å². The minimum Gasteiger partial charge on any atom is -0.346 e. The van der Waals surface area contributed by atoms with Gasteiger partial charge in [-0.05, 0) is 20.3 Å². The Bertz CT molecular complexity index is 485. The maximum absolute atomic E-state index is 11.6. The van der Waals surface area contributed by atoms with E-state index in [4.69, 9.17) is 0 Å².